The molecule has 190 valence electrons. The molecule has 0 aromatic rings. The average molecular weight is 467 g/mol. The van der Waals surface area contributed by atoms with Gasteiger partial charge >= 0.3 is 5.97 Å². The number of ether oxygens (including phenoxy) is 1. The van der Waals surface area contributed by atoms with Gasteiger partial charge in [0.05, 0.1) is 0 Å². The molecule has 0 amide bonds. The maximum atomic E-state index is 11.1. The topological polar surface area (TPSA) is 26.3 Å². The number of terminal acetylenes is 2. The highest BCUT2D eigenvalue weighted by Gasteiger charge is 2.07. The van der Waals surface area contributed by atoms with Crippen LogP contribution in [0.5, 0.6) is 0 Å². The average Bonchev–Trinajstić information content (AvgIpc) is 2.82. The monoisotopic (exact) mass is 466 g/mol. The fourth-order valence-corrected chi connectivity index (χ4v) is 4.03. The van der Waals surface area contributed by atoms with Gasteiger partial charge in [0.2, 0.25) is 0 Å². The number of rotatable bonds is 23. The van der Waals surface area contributed by atoms with Crippen LogP contribution in [0.25, 0.3) is 0 Å². The van der Waals surface area contributed by atoms with E-state index in [0.717, 1.165) is 19.3 Å². The van der Waals surface area contributed by atoms with Crippen molar-refractivity contribution in [3.63, 3.8) is 0 Å². The van der Waals surface area contributed by atoms with Gasteiger partial charge in [0.15, 0.2) is 0 Å². The van der Waals surface area contributed by atoms with Gasteiger partial charge in [0.1, 0.15) is 6.10 Å². The molecule has 0 heterocycles. The van der Waals surface area contributed by atoms with E-state index >= 15 is 0 Å². The largest absolute Gasteiger partial charge is 0.458 e. The molecule has 0 N–H and O–H groups in total. The minimum Gasteiger partial charge on any atom is -0.458 e. The van der Waals surface area contributed by atoms with Crippen molar-refractivity contribution < 1.29 is 9.53 Å². The number of carbonyl (C=O) groups is 1. The molecule has 2 nitrogen and oxygen atoms in total. The third-order valence-corrected chi connectivity index (χ3v) is 5.96. The number of hydrogen-bond donors (Lipinski definition) is 0. The van der Waals surface area contributed by atoms with E-state index in [9.17, 15) is 4.79 Å². The van der Waals surface area contributed by atoms with Crippen LogP contribution in [0.4, 0.5) is 0 Å². The van der Waals surface area contributed by atoms with E-state index in [-0.39, 0.29) is 12.1 Å². The van der Waals surface area contributed by atoms with Crippen LogP contribution >= 0.6 is 0 Å². The molecule has 2 heteroatoms. The first-order valence-electron chi connectivity index (χ1n) is 13.8. The van der Waals surface area contributed by atoms with Gasteiger partial charge in [-0.3, -0.25) is 4.79 Å². The molecule has 0 fully saturated rings. The molecule has 0 saturated heterocycles. The highest BCUT2D eigenvalue weighted by molar-refractivity contribution is 5.66. The van der Waals surface area contributed by atoms with E-state index in [0.29, 0.717) is 0 Å². The summed E-state index contributed by atoms with van der Waals surface area (Å²) in [5.41, 5.74) is 0. The third kappa shape index (κ3) is 26.1. The van der Waals surface area contributed by atoms with E-state index in [4.69, 9.17) is 17.6 Å². The van der Waals surface area contributed by atoms with Gasteiger partial charge in [-0.1, -0.05) is 101 Å². The molecule has 1 atom stereocenters. The lowest BCUT2D eigenvalue weighted by atomic mass is 10.0. The first kappa shape index (κ1) is 31.8. The number of carbonyl (C=O) groups excluding carboxylic acids is 1. The molecule has 0 spiro atoms. The van der Waals surface area contributed by atoms with E-state index in [1.165, 1.54) is 110 Å². The molecular weight excluding hydrogens is 416 g/mol. The smallest absolute Gasteiger partial charge is 0.303 e. The molecule has 0 radical (unpaired) electrons. The zero-order valence-corrected chi connectivity index (χ0v) is 21.9. The van der Waals surface area contributed by atoms with Crippen LogP contribution in [0.15, 0.2) is 36.5 Å². The molecule has 0 aromatic carbocycles. The summed E-state index contributed by atoms with van der Waals surface area (Å²) >= 11 is 0. The zero-order valence-electron chi connectivity index (χ0n) is 21.9. The Morgan fingerprint density at radius 1 is 0.647 bits per heavy atom. The van der Waals surface area contributed by atoms with Crippen LogP contribution in [-0.4, -0.2) is 12.1 Å². The molecule has 0 rings (SSSR count). The Hall–Kier alpha value is -2.19. The quantitative estimate of drug-likeness (QED) is 0.0649. The summed E-state index contributed by atoms with van der Waals surface area (Å²) in [4.78, 5) is 11.1. The normalized spacial score (nSPS) is 12.3. The lowest BCUT2D eigenvalue weighted by molar-refractivity contribution is -0.144. The van der Waals surface area contributed by atoms with Crippen LogP contribution in [-0.2, 0) is 9.53 Å². The Balaban J connectivity index is 3.35. The predicted molar refractivity (Wildman–Crippen MR) is 148 cm³/mol. The Labute approximate surface area is 211 Å². The van der Waals surface area contributed by atoms with Crippen LogP contribution < -0.4 is 0 Å². The van der Waals surface area contributed by atoms with Gasteiger partial charge in [0.25, 0.3) is 0 Å². The minimum absolute atomic E-state index is 0.177. The van der Waals surface area contributed by atoms with E-state index < -0.39 is 0 Å². The second kappa shape index (κ2) is 27.1. The SMILES string of the molecule is C#CC=CCCCCCCCCCCC=CCCCCCCCCCC(C=CC#C)OC(C)=O. The second-order valence-electron chi connectivity index (χ2n) is 9.17. The summed E-state index contributed by atoms with van der Waals surface area (Å²) in [6.45, 7) is 1.44. The standard InChI is InChI=1S/C32H50O2/c1-4-6-8-9-10-11-12-13-14-15-16-17-18-19-20-21-22-23-24-25-26-27-28-30-32(29-7-5-2)34-31(3)33/h1-2,6-8,19-20,29,32H,9-18,21-28,30H2,3H3. The van der Waals surface area contributed by atoms with Crippen molar-refractivity contribution in [2.75, 3.05) is 0 Å². The molecule has 0 bridgehead atoms. The summed E-state index contributed by atoms with van der Waals surface area (Å²) in [7, 11) is 0. The van der Waals surface area contributed by atoms with Crippen molar-refractivity contribution >= 4 is 5.97 Å². The van der Waals surface area contributed by atoms with Crippen molar-refractivity contribution in [3.8, 4) is 24.7 Å². The summed E-state index contributed by atoms with van der Waals surface area (Å²) in [5.74, 6) is 4.75. The first-order valence-corrected chi connectivity index (χ1v) is 13.8. The van der Waals surface area contributed by atoms with Crippen LogP contribution in [0.3, 0.4) is 0 Å². The summed E-state index contributed by atoms with van der Waals surface area (Å²) in [6, 6.07) is 0. The molecule has 1 unspecified atom stereocenters. The first-order chi connectivity index (χ1) is 16.7. The maximum absolute atomic E-state index is 11.1. The minimum atomic E-state index is -0.246. The molecule has 0 aliphatic heterocycles. The van der Waals surface area contributed by atoms with Gasteiger partial charge < -0.3 is 4.74 Å². The zero-order chi connectivity index (χ0) is 25.0. The number of unbranched alkanes of at least 4 members (excludes halogenated alkanes) is 16. The molecule has 0 aliphatic rings. The summed E-state index contributed by atoms with van der Waals surface area (Å²) in [6.07, 6.45) is 46.4. The predicted octanol–water partition coefficient (Wildman–Crippen LogP) is 9.27. The van der Waals surface area contributed by atoms with Crippen LogP contribution in [0.2, 0.25) is 0 Å². The second-order valence-corrected chi connectivity index (χ2v) is 9.17. The van der Waals surface area contributed by atoms with Crippen molar-refractivity contribution in [2.45, 2.75) is 135 Å². The third-order valence-electron chi connectivity index (χ3n) is 5.96. The number of allylic oxidation sites excluding steroid dienone is 5. The lowest BCUT2D eigenvalue weighted by Crippen LogP contribution is -2.13. The van der Waals surface area contributed by atoms with Crippen molar-refractivity contribution in [1.82, 2.24) is 0 Å². The Morgan fingerprint density at radius 2 is 1.06 bits per heavy atom. The van der Waals surface area contributed by atoms with Gasteiger partial charge in [-0.25, -0.2) is 0 Å². The van der Waals surface area contributed by atoms with Gasteiger partial charge in [-0.15, -0.1) is 12.8 Å². The van der Waals surface area contributed by atoms with Gasteiger partial charge in [0, 0.05) is 6.92 Å². The van der Waals surface area contributed by atoms with Gasteiger partial charge in [-0.2, -0.15) is 0 Å². The molecule has 34 heavy (non-hydrogen) atoms. The highest BCUT2D eigenvalue weighted by atomic mass is 16.5. The molecule has 0 saturated carbocycles. The van der Waals surface area contributed by atoms with E-state index in [1.807, 2.05) is 6.08 Å². The fraction of sp³-hybridized carbons (Fsp3) is 0.656. The number of esters is 1. The molecule has 0 aromatic heterocycles. The Bertz CT molecular complexity index is 626. The van der Waals surface area contributed by atoms with Crippen molar-refractivity contribution in [1.29, 1.82) is 0 Å². The highest BCUT2D eigenvalue weighted by Crippen LogP contribution is 2.14. The van der Waals surface area contributed by atoms with Crippen LogP contribution in [0, 0.1) is 24.7 Å². The van der Waals surface area contributed by atoms with Crippen LogP contribution in [0.1, 0.15) is 129 Å². The Morgan fingerprint density at radius 3 is 1.50 bits per heavy atom. The van der Waals surface area contributed by atoms with E-state index in [2.05, 4.69) is 30.1 Å². The van der Waals surface area contributed by atoms with Crippen molar-refractivity contribution in [2.24, 2.45) is 0 Å². The van der Waals surface area contributed by atoms with Crippen molar-refractivity contribution in [3.05, 3.63) is 36.5 Å². The Kier molecular flexibility index (Phi) is 25.3. The number of hydrogen-bond acceptors (Lipinski definition) is 2. The molecule has 0 aliphatic carbocycles. The summed E-state index contributed by atoms with van der Waals surface area (Å²) < 4.78 is 5.27. The lowest BCUT2D eigenvalue weighted by Gasteiger charge is -2.12. The fourth-order valence-electron chi connectivity index (χ4n) is 4.03. The molecular formula is C32H50O2. The summed E-state index contributed by atoms with van der Waals surface area (Å²) in [5, 5.41) is 0. The van der Waals surface area contributed by atoms with E-state index in [1.54, 1.807) is 12.2 Å². The maximum Gasteiger partial charge on any atom is 0.303 e. The van der Waals surface area contributed by atoms with Gasteiger partial charge in [-0.05, 0) is 69.6 Å².